The lowest BCUT2D eigenvalue weighted by Crippen LogP contribution is -2.17. The molecule has 6 aromatic carbocycles. The first kappa shape index (κ1) is 26.4. The Hall–Kier alpha value is -3.56. The zero-order valence-corrected chi connectivity index (χ0v) is 26.4. The van der Waals surface area contributed by atoms with Crippen LogP contribution in [0.15, 0.2) is 150 Å². The topological polar surface area (TPSA) is 16.4 Å². The first-order chi connectivity index (χ1) is 20.2. The fraction of sp³-hybridized carbons (Fsp3) is 0. The first-order valence-corrected chi connectivity index (χ1v) is 16.0. The molecule has 0 spiro atoms. The van der Waals surface area contributed by atoms with Crippen LogP contribution in [-0.4, -0.2) is 2.43 Å². The molecule has 0 N–H and O–H groups in total. The Bertz CT molecular complexity index is 1950. The van der Waals surface area contributed by atoms with Gasteiger partial charge >= 0.3 is 2.43 Å². The smallest absolute Gasteiger partial charge is 0.320 e. The van der Waals surface area contributed by atoms with Crippen molar-refractivity contribution in [3.05, 3.63) is 146 Å². The number of fused-ring (bicyclic) bond motifs is 3. The SMILES string of the molecule is IB(I)c1ccc(N(c2ccc(-c3ccccc3)cc2)c2ccc(-c3cccc4c3oc3ccccc34)cc2)cc1. The number of benzene rings is 6. The van der Waals surface area contributed by atoms with E-state index in [2.05, 4.69) is 183 Å². The van der Waals surface area contributed by atoms with Gasteiger partial charge in [-0.05, 0) is 59.2 Å². The number of anilines is 3. The highest BCUT2D eigenvalue weighted by Crippen LogP contribution is 2.39. The summed E-state index contributed by atoms with van der Waals surface area (Å²) < 4.78 is 6.75. The lowest BCUT2D eigenvalue weighted by molar-refractivity contribution is 0.670. The zero-order chi connectivity index (χ0) is 27.8. The minimum Gasteiger partial charge on any atom is -0.455 e. The second-order valence-corrected chi connectivity index (χ2v) is 14.8. The number of hydrogen-bond acceptors (Lipinski definition) is 2. The van der Waals surface area contributed by atoms with Gasteiger partial charge in [0, 0.05) is 33.4 Å². The van der Waals surface area contributed by atoms with Gasteiger partial charge in [0.25, 0.3) is 0 Å². The van der Waals surface area contributed by atoms with Crippen LogP contribution in [-0.2, 0) is 0 Å². The van der Waals surface area contributed by atoms with Gasteiger partial charge in [0.1, 0.15) is 11.2 Å². The van der Waals surface area contributed by atoms with Gasteiger partial charge in [-0.15, -0.1) is 44.7 Å². The van der Waals surface area contributed by atoms with Crippen molar-refractivity contribution in [2.24, 2.45) is 0 Å². The van der Waals surface area contributed by atoms with Gasteiger partial charge in [-0.1, -0.05) is 109 Å². The van der Waals surface area contributed by atoms with Gasteiger partial charge in [0.05, 0.1) is 0 Å². The molecule has 0 unspecified atom stereocenters. The monoisotopic (exact) mass is 751 g/mol. The number of nitrogens with zero attached hydrogens (tertiary/aromatic N) is 1. The second-order valence-electron chi connectivity index (χ2n) is 9.97. The van der Waals surface area contributed by atoms with Crippen molar-refractivity contribution in [3.8, 4) is 22.3 Å². The normalized spacial score (nSPS) is 11.2. The molecular formula is C36H24BI2NO. The van der Waals surface area contributed by atoms with E-state index in [1.54, 1.807) is 0 Å². The zero-order valence-electron chi connectivity index (χ0n) is 22.0. The Morgan fingerprint density at radius 1 is 0.463 bits per heavy atom. The molecule has 7 rings (SSSR count). The molecule has 5 heteroatoms. The third-order valence-electron chi connectivity index (χ3n) is 7.48. The number of rotatable bonds is 6. The van der Waals surface area contributed by atoms with Crippen LogP contribution in [0.3, 0.4) is 0 Å². The summed E-state index contributed by atoms with van der Waals surface area (Å²) >= 11 is 4.91. The number of furan rings is 1. The lowest BCUT2D eigenvalue weighted by atomic mass is 9.95. The van der Waals surface area contributed by atoms with Crippen LogP contribution in [0.4, 0.5) is 17.1 Å². The fourth-order valence-corrected chi connectivity index (χ4v) is 6.24. The highest BCUT2D eigenvalue weighted by molar-refractivity contribution is 14.3. The summed E-state index contributed by atoms with van der Waals surface area (Å²) in [6.07, 6.45) is 0. The molecular weight excluding hydrogens is 727 g/mol. The molecule has 0 aliphatic heterocycles. The van der Waals surface area contributed by atoms with Gasteiger partial charge in [-0.25, -0.2) is 0 Å². The van der Waals surface area contributed by atoms with Crippen LogP contribution in [0.2, 0.25) is 0 Å². The van der Waals surface area contributed by atoms with Crippen LogP contribution >= 0.6 is 44.7 Å². The van der Waals surface area contributed by atoms with E-state index in [1.165, 1.54) is 16.6 Å². The van der Waals surface area contributed by atoms with Gasteiger partial charge in [0.2, 0.25) is 0 Å². The lowest BCUT2D eigenvalue weighted by Gasteiger charge is -2.26. The van der Waals surface area contributed by atoms with Gasteiger partial charge in [-0.3, -0.25) is 0 Å². The molecule has 0 saturated carbocycles. The molecule has 0 amide bonds. The van der Waals surface area contributed by atoms with Gasteiger partial charge in [0.15, 0.2) is 0 Å². The summed E-state index contributed by atoms with van der Waals surface area (Å²) in [5, 5.41) is 2.29. The number of hydrogen-bond donors (Lipinski definition) is 0. The summed E-state index contributed by atoms with van der Waals surface area (Å²) in [5.41, 5.74) is 11.2. The van der Waals surface area contributed by atoms with E-state index in [1.807, 2.05) is 12.1 Å². The van der Waals surface area contributed by atoms with E-state index in [4.69, 9.17) is 4.42 Å². The van der Waals surface area contributed by atoms with Crippen LogP contribution < -0.4 is 10.4 Å². The predicted molar refractivity (Wildman–Crippen MR) is 193 cm³/mol. The molecule has 1 heterocycles. The van der Waals surface area contributed by atoms with Crippen LogP contribution in [0.1, 0.15) is 0 Å². The van der Waals surface area contributed by atoms with Crippen molar-refractivity contribution in [2.75, 3.05) is 4.90 Å². The summed E-state index contributed by atoms with van der Waals surface area (Å²) in [6, 6.07) is 51.7. The summed E-state index contributed by atoms with van der Waals surface area (Å²) in [5.74, 6) is 0. The Morgan fingerprint density at radius 3 is 1.66 bits per heavy atom. The average Bonchev–Trinajstić information content (AvgIpc) is 3.42. The van der Waals surface area contributed by atoms with E-state index < -0.39 is 0 Å². The van der Waals surface area contributed by atoms with Gasteiger partial charge < -0.3 is 9.32 Å². The van der Waals surface area contributed by atoms with Crippen LogP contribution in [0, 0.1) is 0 Å². The number of para-hydroxylation sites is 2. The van der Waals surface area contributed by atoms with Crippen molar-refractivity contribution >= 4 is 91.6 Å². The Morgan fingerprint density at radius 2 is 1.00 bits per heavy atom. The van der Waals surface area contributed by atoms with Gasteiger partial charge in [-0.2, -0.15) is 0 Å². The maximum Gasteiger partial charge on any atom is 0.320 e. The molecule has 41 heavy (non-hydrogen) atoms. The van der Waals surface area contributed by atoms with Crippen LogP contribution in [0.25, 0.3) is 44.2 Å². The average molecular weight is 751 g/mol. The fourth-order valence-electron chi connectivity index (χ4n) is 5.41. The van der Waals surface area contributed by atoms with E-state index >= 15 is 0 Å². The minimum absolute atomic E-state index is 0.429. The third-order valence-corrected chi connectivity index (χ3v) is 8.92. The molecule has 0 bridgehead atoms. The summed E-state index contributed by atoms with van der Waals surface area (Å²) in [4.78, 5) is 2.32. The molecule has 0 radical (unpaired) electrons. The third kappa shape index (κ3) is 5.17. The maximum absolute atomic E-state index is 6.32. The molecule has 1 aromatic heterocycles. The molecule has 2 nitrogen and oxygen atoms in total. The molecule has 0 aliphatic carbocycles. The summed E-state index contributed by atoms with van der Waals surface area (Å²) in [6.45, 7) is 0. The molecule has 0 aliphatic rings. The van der Waals surface area contributed by atoms with Crippen molar-refractivity contribution < 1.29 is 4.42 Å². The highest BCUT2D eigenvalue weighted by Gasteiger charge is 2.16. The molecule has 0 atom stereocenters. The van der Waals surface area contributed by atoms with Crippen molar-refractivity contribution in [1.29, 1.82) is 0 Å². The Kier molecular flexibility index (Phi) is 7.31. The maximum atomic E-state index is 6.32. The molecule has 7 aromatic rings. The van der Waals surface area contributed by atoms with E-state index in [0.29, 0.717) is 2.43 Å². The highest BCUT2D eigenvalue weighted by atomic mass is 127. The van der Waals surface area contributed by atoms with Crippen molar-refractivity contribution in [1.82, 2.24) is 0 Å². The van der Waals surface area contributed by atoms with Crippen molar-refractivity contribution in [2.45, 2.75) is 0 Å². The number of halogens is 2. The standard InChI is InChI=1S/C36H24BI2NO/c38-37(39)28-17-23-31(24-18-28)40(29-19-13-26(14-20-29)25-7-2-1-3-8-25)30-21-15-27(16-22-30)32-10-6-11-34-33-9-4-5-12-35(33)41-36(32)34/h1-24H. The predicted octanol–water partition coefficient (Wildman–Crippen LogP) is 11.0. The molecule has 0 saturated heterocycles. The Labute approximate surface area is 266 Å². The molecule has 196 valence electrons. The molecule has 0 fully saturated rings. The van der Waals surface area contributed by atoms with Crippen molar-refractivity contribution in [3.63, 3.8) is 0 Å². The second kappa shape index (κ2) is 11.4. The Balaban J connectivity index is 1.29. The van der Waals surface area contributed by atoms with E-state index in [0.717, 1.165) is 50.1 Å². The van der Waals surface area contributed by atoms with Crippen LogP contribution in [0.5, 0.6) is 0 Å². The largest absolute Gasteiger partial charge is 0.455 e. The minimum atomic E-state index is 0.429. The quantitative estimate of drug-likeness (QED) is 0.124. The van der Waals surface area contributed by atoms with E-state index in [-0.39, 0.29) is 0 Å². The van der Waals surface area contributed by atoms with E-state index in [9.17, 15) is 0 Å². The summed E-state index contributed by atoms with van der Waals surface area (Å²) in [7, 11) is 0. The first-order valence-electron chi connectivity index (χ1n) is 13.5.